The van der Waals surface area contributed by atoms with Crippen molar-refractivity contribution in [2.75, 3.05) is 23.7 Å². The van der Waals surface area contributed by atoms with Gasteiger partial charge in [-0.05, 0) is 19.9 Å². The molecule has 0 aliphatic carbocycles. The highest BCUT2D eigenvalue weighted by Crippen LogP contribution is 2.45. The van der Waals surface area contributed by atoms with Gasteiger partial charge >= 0.3 is 0 Å². The van der Waals surface area contributed by atoms with Gasteiger partial charge in [0, 0.05) is 36.2 Å². The van der Waals surface area contributed by atoms with Crippen molar-refractivity contribution < 1.29 is 8.78 Å². The van der Waals surface area contributed by atoms with Crippen molar-refractivity contribution in [3.8, 4) is 0 Å². The van der Waals surface area contributed by atoms with Gasteiger partial charge in [0.15, 0.2) is 11.0 Å². The second-order valence-corrected chi connectivity index (χ2v) is 8.38. The van der Waals surface area contributed by atoms with Gasteiger partial charge in [-0.1, -0.05) is 17.8 Å². The molecule has 2 atom stereocenters. The van der Waals surface area contributed by atoms with Crippen LogP contribution < -0.4 is 10.6 Å². The summed E-state index contributed by atoms with van der Waals surface area (Å²) in [7, 11) is 0. The predicted molar refractivity (Wildman–Crippen MR) is 102 cm³/mol. The molecule has 9 heteroatoms. The van der Waals surface area contributed by atoms with Crippen LogP contribution in [0, 0.1) is 11.7 Å². The van der Waals surface area contributed by atoms with Crippen LogP contribution in [0.3, 0.4) is 0 Å². The smallest absolute Gasteiger partial charge is 0.225 e. The molecule has 0 aromatic carbocycles. The molecule has 2 aliphatic heterocycles. The summed E-state index contributed by atoms with van der Waals surface area (Å²) in [5.41, 5.74) is 4.31. The molecule has 1 fully saturated rings. The summed E-state index contributed by atoms with van der Waals surface area (Å²) in [6.07, 6.45) is 4.54. The number of pyridine rings is 1. The number of halogens is 2. The summed E-state index contributed by atoms with van der Waals surface area (Å²) in [5.74, 6) is 0.509. The molecular weight excluding hydrogens is 370 g/mol. The predicted octanol–water partition coefficient (Wildman–Crippen LogP) is 2.61. The Labute approximate surface area is 160 Å². The molecule has 0 unspecified atom stereocenters. The number of anilines is 1. The topological polar surface area (TPSA) is 80.3 Å². The van der Waals surface area contributed by atoms with Gasteiger partial charge in [0.2, 0.25) is 5.95 Å². The number of amidine groups is 1. The lowest BCUT2D eigenvalue weighted by atomic mass is 9.83. The first kappa shape index (κ1) is 18.1. The zero-order valence-electron chi connectivity index (χ0n) is 15.1. The van der Waals surface area contributed by atoms with Crippen molar-refractivity contribution >= 4 is 22.9 Å². The number of nitrogens with two attached hydrogens (primary N) is 1. The summed E-state index contributed by atoms with van der Waals surface area (Å²) >= 11 is 1.51. The highest BCUT2D eigenvalue weighted by atomic mass is 32.2. The molecule has 142 valence electrons. The zero-order valence-corrected chi connectivity index (χ0v) is 15.9. The van der Waals surface area contributed by atoms with E-state index in [1.54, 1.807) is 12.4 Å². The van der Waals surface area contributed by atoms with Crippen LogP contribution in [-0.2, 0) is 11.2 Å². The minimum atomic E-state index is -1.90. The Balaban J connectivity index is 1.75. The first-order valence-corrected chi connectivity index (χ1v) is 9.64. The molecule has 6 nitrogen and oxygen atoms in total. The second kappa shape index (κ2) is 6.40. The second-order valence-electron chi connectivity index (χ2n) is 7.34. The number of nitrogens with zero attached hydrogens (tertiary/aromatic N) is 5. The highest BCUT2D eigenvalue weighted by molar-refractivity contribution is 8.13. The standard InChI is InChI=1S/C18H20F2N6S/c1-17(2,20)14-13(19)7-23-16(24-14)26-8-12-9-27-15(21)25-18(12,10-26)11-4-3-5-22-6-11/h3-7,12H,8-10H2,1-2H3,(H2,21,25)/t12-,18+/m0/s1. The summed E-state index contributed by atoms with van der Waals surface area (Å²) < 4.78 is 28.3. The van der Waals surface area contributed by atoms with E-state index in [0.717, 1.165) is 17.5 Å². The van der Waals surface area contributed by atoms with Gasteiger partial charge in [-0.25, -0.2) is 23.7 Å². The molecule has 2 aliphatic rings. The molecule has 0 radical (unpaired) electrons. The lowest BCUT2D eigenvalue weighted by molar-refractivity contribution is 0.205. The van der Waals surface area contributed by atoms with Crippen molar-refractivity contribution in [3.05, 3.63) is 47.8 Å². The third-order valence-electron chi connectivity index (χ3n) is 5.03. The lowest BCUT2D eigenvalue weighted by Gasteiger charge is -2.34. The number of hydrogen-bond donors (Lipinski definition) is 1. The van der Waals surface area contributed by atoms with Gasteiger partial charge in [0.1, 0.15) is 16.9 Å². The van der Waals surface area contributed by atoms with Gasteiger partial charge < -0.3 is 10.6 Å². The SMILES string of the molecule is CC(C)(F)c1nc(N2C[C@H]3CSC(N)=N[C@@]3(c3cccnc3)C2)ncc1F. The summed E-state index contributed by atoms with van der Waals surface area (Å²) in [6.45, 7) is 3.66. The van der Waals surface area contributed by atoms with Crippen LogP contribution in [0.2, 0.25) is 0 Å². The molecular formula is C18H20F2N6S. The van der Waals surface area contributed by atoms with E-state index in [9.17, 15) is 8.78 Å². The molecule has 27 heavy (non-hydrogen) atoms. The first-order chi connectivity index (χ1) is 12.8. The number of aromatic nitrogens is 3. The van der Waals surface area contributed by atoms with E-state index >= 15 is 0 Å². The summed E-state index contributed by atoms with van der Waals surface area (Å²) in [5, 5.41) is 0.530. The lowest BCUT2D eigenvalue weighted by Crippen LogP contribution is -2.40. The number of aliphatic imine (C=N–C) groups is 1. The van der Waals surface area contributed by atoms with Crippen LogP contribution in [-0.4, -0.2) is 39.0 Å². The van der Waals surface area contributed by atoms with Gasteiger partial charge in [-0.15, -0.1) is 0 Å². The van der Waals surface area contributed by atoms with E-state index in [1.807, 2.05) is 17.0 Å². The van der Waals surface area contributed by atoms with Crippen LogP contribution >= 0.6 is 11.8 Å². The quantitative estimate of drug-likeness (QED) is 0.868. The fraction of sp³-hybridized carbons (Fsp3) is 0.444. The monoisotopic (exact) mass is 390 g/mol. The number of alkyl halides is 1. The van der Waals surface area contributed by atoms with Gasteiger partial charge in [-0.2, -0.15) is 0 Å². The zero-order chi connectivity index (χ0) is 19.2. The number of rotatable bonds is 3. The van der Waals surface area contributed by atoms with Crippen LogP contribution in [0.15, 0.2) is 35.7 Å². The van der Waals surface area contributed by atoms with E-state index in [4.69, 9.17) is 10.7 Å². The maximum Gasteiger partial charge on any atom is 0.225 e. The fourth-order valence-corrected chi connectivity index (χ4v) is 4.70. The maximum atomic E-state index is 14.3. The Bertz CT molecular complexity index is 885. The molecule has 0 amide bonds. The Kier molecular flexibility index (Phi) is 4.29. The summed E-state index contributed by atoms with van der Waals surface area (Å²) in [4.78, 5) is 19.2. The van der Waals surface area contributed by atoms with Crippen molar-refractivity contribution in [1.82, 2.24) is 15.0 Å². The summed E-state index contributed by atoms with van der Waals surface area (Å²) in [6, 6.07) is 3.85. The number of hydrogen-bond acceptors (Lipinski definition) is 7. The van der Waals surface area contributed by atoms with Gasteiger partial charge in [-0.3, -0.25) is 4.98 Å². The van der Waals surface area contributed by atoms with E-state index in [1.165, 1.54) is 25.6 Å². The average Bonchev–Trinajstić information content (AvgIpc) is 3.02. The largest absolute Gasteiger partial charge is 0.379 e. The minimum absolute atomic E-state index is 0.162. The Morgan fingerprint density at radius 1 is 1.37 bits per heavy atom. The third kappa shape index (κ3) is 3.13. The highest BCUT2D eigenvalue weighted by Gasteiger charge is 2.51. The molecule has 2 aromatic rings. The molecule has 2 aromatic heterocycles. The Hall–Kier alpha value is -2.29. The van der Waals surface area contributed by atoms with Crippen molar-refractivity contribution in [3.63, 3.8) is 0 Å². The first-order valence-electron chi connectivity index (χ1n) is 8.65. The van der Waals surface area contributed by atoms with Crippen LogP contribution in [0.1, 0.15) is 25.1 Å². The minimum Gasteiger partial charge on any atom is -0.379 e. The van der Waals surface area contributed by atoms with Crippen LogP contribution in [0.4, 0.5) is 14.7 Å². The average molecular weight is 390 g/mol. The van der Waals surface area contributed by atoms with Gasteiger partial charge in [0.25, 0.3) is 0 Å². The Morgan fingerprint density at radius 2 is 2.19 bits per heavy atom. The molecule has 1 saturated heterocycles. The number of thioether (sulfide) groups is 1. The van der Waals surface area contributed by atoms with E-state index in [2.05, 4.69) is 15.0 Å². The molecule has 0 saturated carbocycles. The van der Waals surface area contributed by atoms with E-state index < -0.39 is 17.0 Å². The molecule has 2 N–H and O–H groups in total. The number of fused-ring (bicyclic) bond motifs is 1. The third-order valence-corrected chi connectivity index (χ3v) is 5.99. The van der Waals surface area contributed by atoms with Crippen LogP contribution in [0.5, 0.6) is 0 Å². The molecule has 4 heterocycles. The Morgan fingerprint density at radius 3 is 2.89 bits per heavy atom. The van der Waals surface area contributed by atoms with Crippen molar-refractivity contribution in [2.24, 2.45) is 16.6 Å². The van der Waals surface area contributed by atoms with Gasteiger partial charge in [0.05, 0.1) is 12.7 Å². The van der Waals surface area contributed by atoms with E-state index in [0.29, 0.717) is 24.2 Å². The van der Waals surface area contributed by atoms with E-state index in [-0.39, 0.29) is 11.6 Å². The van der Waals surface area contributed by atoms with Crippen LogP contribution in [0.25, 0.3) is 0 Å². The molecule has 0 spiro atoms. The maximum absolute atomic E-state index is 14.3. The fourth-order valence-electron chi connectivity index (χ4n) is 3.72. The molecule has 0 bridgehead atoms. The van der Waals surface area contributed by atoms with Crippen molar-refractivity contribution in [1.29, 1.82) is 0 Å². The van der Waals surface area contributed by atoms with Crippen molar-refractivity contribution in [2.45, 2.75) is 25.1 Å². The molecule has 4 rings (SSSR count). The normalized spacial score (nSPS) is 25.3.